The van der Waals surface area contributed by atoms with Crippen molar-refractivity contribution in [2.45, 2.75) is 13.8 Å². The molecule has 0 spiro atoms. The van der Waals surface area contributed by atoms with Crippen molar-refractivity contribution >= 4 is 45.5 Å². The highest BCUT2D eigenvalue weighted by atomic mass is 35.5. The summed E-state index contributed by atoms with van der Waals surface area (Å²) in [5.41, 5.74) is 2.94. The molecule has 0 aliphatic heterocycles. The topological polar surface area (TPSA) is 106 Å². The third kappa shape index (κ3) is 4.42. The van der Waals surface area contributed by atoms with E-state index < -0.39 is 0 Å². The van der Waals surface area contributed by atoms with Crippen molar-refractivity contribution in [3.8, 4) is 11.3 Å². The Balaban J connectivity index is 1.52. The van der Waals surface area contributed by atoms with E-state index in [1.54, 1.807) is 31.5 Å². The summed E-state index contributed by atoms with van der Waals surface area (Å²) in [5, 5.41) is 6.99. The SMILES string of the molecule is Cc1nc(Nc2ncc(C(=O)Nc3c(C)cccc3Cl)s2)cc(-c2cncnc2)n1. The molecule has 0 aliphatic rings. The van der Waals surface area contributed by atoms with Gasteiger partial charge in [-0.3, -0.25) is 4.79 Å². The molecule has 4 rings (SSSR count). The van der Waals surface area contributed by atoms with Crippen molar-refractivity contribution in [3.63, 3.8) is 0 Å². The van der Waals surface area contributed by atoms with E-state index in [1.165, 1.54) is 23.9 Å². The van der Waals surface area contributed by atoms with Gasteiger partial charge in [-0.05, 0) is 25.5 Å². The Hall–Kier alpha value is -3.43. The van der Waals surface area contributed by atoms with Crippen molar-refractivity contribution in [2.24, 2.45) is 0 Å². The zero-order chi connectivity index (χ0) is 21.1. The lowest BCUT2D eigenvalue weighted by atomic mass is 10.2. The minimum atomic E-state index is -0.280. The van der Waals surface area contributed by atoms with Gasteiger partial charge in [0, 0.05) is 24.0 Å². The molecule has 1 aromatic carbocycles. The molecular formula is C20H16ClN7OS. The van der Waals surface area contributed by atoms with Gasteiger partial charge in [-0.1, -0.05) is 35.1 Å². The lowest BCUT2D eigenvalue weighted by Gasteiger charge is -2.09. The van der Waals surface area contributed by atoms with E-state index in [0.717, 1.165) is 11.1 Å². The van der Waals surface area contributed by atoms with Crippen LogP contribution in [0.25, 0.3) is 11.3 Å². The molecule has 0 radical (unpaired) electrons. The quantitative estimate of drug-likeness (QED) is 0.467. The summed E-state index contributed by atoms with van der Waals surface area (Å²) >= 11 is 7.40. The first-order chi connectivity index (χ1) is 14.5. The number of anilines is 3. The normalized spacial score (nSPS) is 10.6. The Morgan fingerprint density at radius 2 is 1.90 bits per heavy atom. The van der Waals surface area contributed by atoms with Crippen LogP contribution in [0.3, 0.4) is 0 Å². The largest absolute Gasteiger partial charge is 0.320 e. The predicted molar refractivity (Wildman–Crippen MR) is 117 cm³/mol. The van der Waals surface area contributed by atoms with Gasteiger partial charge < -0.3 is 10.6 Å². The fourth-order valence-corrected chi connectivity index (χ4v) is 3.71. The van der Waals surface area contributed by atoms with Crippen molar-refractivity contribution < 1.29 is 4.79 Å². The molecule has 3 heterocycles. The number of nitrogens with one attached hydrogen (secondary N) is 2. The number of hydrogen-bond donors (Lipinski definition) is 2. The number of benzene rings is 1. The number of rotatable bonds is 5. The monoisotopic (exact) mass is 437 g/mol. The van der Waals surface area contributed by atoms with Crippen LogP contribution in [-0.4, -0.2) is 30.8 Å². The number of thiazole rings is 1. The number of hydrogen-bond acceptors (Lipinski definition) is 8. The Morgan fingerprint density at radius 3 is 2.67 bits per heavy atom. The number of halogens is 1. The summed E-state index contributed by atoms with van der Waals surface area (Å²) in [5.74, 6) is 0.866. The van der Waals surface area contributed by atoms with Crippen LogP contribution >= 0.6 is 22.9 Å². The Bertz CT molecular complexity index is 1190. The molecule has 4 aromatic rings. The van der Waals surface area contributed by atoms with Crippen LogP contribution in [0, 0.1) is 13.8 Å². The van der Waals surface area contributed by atoms with E-state index in [0.29, 0.717) is 38.1 Å². The van der Waals surface area contributed by atoms with E-state index in [9.17, 15) is 4.79 Å². The minimum absolute atomic E-state index is 0.280. The zero-order valence-corrected chi connectivity index (χ0v) is 17.6. The first-order valence-corrected chi connectivity index (χ1v) is 10.1. The third-order valence-corrected chi connectivity index (χ3v) is 5.35. The molecule has 30 heavy (non-hydrogen) atoms. The molecule has 0 saturated carbocycles. The fraction of sp³-hybridized carbons (Fsp3) is 0.100. The van der Waals surface area contributed by atoms with Gasteiger partial charge in [0.05, 0.1) is 22.6 Å². The van der Waals surface area contributed by atoms with Gasteiger partial charge in [0.1, 0.15) is 22.8 Å². The Kier molecular flexibility index (Phi) is 5.64. The number of amides is 1. The van der Waals surface area contributed by atoms with Crippen LogP contribution in [0.1, 0.15) is 21.1 Å². The molecule has 150 valence electrons. The first kappa shape index (κ1) is 19.9. The van der Waals surface area contributed by atoms with E-state index >= 15 is 0 Å². The molecule has 0 fully saturated rings. The summed E-state index contributed by atoms with van der Waals surface area (Å²) < 4.78 is 0. The van der Waals surface area contributed by atoms with Crippen LogP contribution in [0.5, 0.6) is 0 Å². The molecule has 0 aliphatic carbocycles. The van der Waals surface area contributed by atoms with E-state index in [2.05, 4.69) is 35.6 Å². The number of para-hydroxylation sites is 1. The second kappa shape index (κ2) is 8.52. The van der Waals surface area contributed by atoms with Crippen molar-refractivity contribution in [2.75, 3.05) is 10.6 Å². The van der Waals surface area contributed by atoms with Crippen molar-refractivity contribution in [1.29, 1.82) is 0 Å². The molecule has 8 nitrogen and oxygen atoms in total. The number of carbonyl (C=O) groups excluding carboxylic acids is 1. The van der Waals surface area contributed by atoms with Crippen molar-refractivity contribution in [3.05, 3.63) is 70.5 Å². The second-order valence-electron chi connectivity index (χ2n) is 6.35. The second-order valence-corrected chi connectivity index (χ2v) is 7.79. The standard InChI is InChI=1S/C20H16ClN7OS/c1-11-4-3-5-14(21)18(11)28-19(29)16-9-24-20(30-16)27-17-6-15(25-12(2)26-17)13-7-22-10-23-8-13/h3-10H,1-2H3,(H,28,29)(H,24,25,26,27). The van der Waals surface area contributed by atoms with Gasteiger partial charge in [0.2, 0.25) is 0 Å². The maximum atomic E-state index is 12.6. The van der Waals surface area contributed by atoms with Gasteiger partial charge in [0.25, 0.3) is 5.91 Å². The van der Waals surface area contributed by atoms with Gasteiger partial charge in [-0.15, -0.1) is 0 Å². The predicted octanol–water partition coefficient (Wildman–Crippen LogP) is 4.66. The molecule has 0 bridgehead atoms. The molecule has 0 unspecified atom stereocenters. The molecule has 3 aromatic heterocycles. The maximum absolute atomic E-state index is 12.6. The highest BCUT2D eigenvalue weighted by Crippen LogP contribution is 2.28. The molecule has 1 amide bonds. The van der Waals surface area contributed by atoms with E-state index in [4.69, 9.17) is 11.6 Å². The number of nitrogens with zero attached hydrogens (tertiary/aromatic N) is 5. The minimum Gasteiger partial charge on any atom is -0.320 e. The molecular weight excluding hydrogens is 422 g/mol. The van der Waals surface area contributed by atoms with Crippen LogP contribution in [0.4, 0.5) is 16.6 Å². The number of aryl methyl sites for hydroxylation is 2. The summed E-state index contributed by atoms with van der Waals surface area (Å²) in [6, 6.07) is 7.23. The summed E-state index contributed by atoms with van der Waals surface area (Å²) in [7, 11) is 0. The maximum Gasteiger partial charge on any atom is 0.267 e. The van der Waals surface area contributed by atoms with Crippen LogP contribution < -0.4 is 10.6 Å². The lowest BCUT2D eigenvalue weighted by molar-refractivity contribution is 0.103. The zero-order valence-electron chi connectivity index (χ0n) is 16.0. The van der Waals surface area contributed by atoms with Crippen LogP contribution in [-0.2, 0) is 0 Å². The average Bonchev–Trinajstić information content (AvgIpc) is 3.19. The first-order valence-electron chi connectivity index (χ1n) is 8.90. The summed E-state index contributed by atoms with van der Waals surface area (Å²) in [6.07, 6.45) is 6.33. The summed E-state index contributed by atoms with van der Waals surface area (Å²) in [4.78, 5) is 34.2. The van der Waals surface area contributed by atoms with Gasteiger partial charge in [-0.25, -0.2) is 24.9 Å². The molecule has 2 N–H and O–H groups in total. The van der Waals surface area contributed by atoms with Crippen LogP contribution in [0.2, 0.25) is 5.02 Å². The molecule has 0 saturated heterocycles. The highest BCUT2D eigenvalue weighted by Gasteiger charge is 2.15. The van der Waals surface area contributed by atoms with Crippen LogP contribution in [0.15, 0.2) is 49.2 Å². The molecule has 0 atom stereocenters. The van der Waals surface area contributed by atoms with E-state index in [-0.39, 0.29) is 5.91 Å². The fourth-order valence-electron chi connectivity index (χ4n) is 2.72. The smallest absolute Gasteiger partial charge is 0.267 e. The Morgan fingerprint density at radius 1 is 1.10 bits per heavy atom. The Labute approximate surface area is 181 Å². The summed E-state index contributed by atoms with van der Waals surface area (Å²) in [6.45, 7) is 3.68. The van der Waals surface area contributed by atoms with Crippen molar-refractivity contribution in [1.82, 2.24) is 24.9 Å². The van der Waals surface area contributed by atoms with E-state index in [1.807, 2.05) is 19.1 Å². The van der Waals surface area contributed by atoms with Gasteiger partial charge in [0.15, 0.2) is 5.13 Å². The number of aromatic nitrogens is 5. The number of carbonyl (C=O) groups is 1. The highest BCUT2D eigenvalue weighted by molar-refractivity contribution is 7.17. The average molecular weight is 438 g/mol. The van der Waals surface area contributed by atoms with Gasteiger partial charge in [-0.2, -0.15) is 0 Å². The van der Waals surface area contributed by atoms with Gasteiger partial charge >= 0.3 is 0 Å². The lowest BCUT2D eigenvalue weighted by Crippen LogP contribution is -2.11. The molecule has 10 heteroatoms. The third-order valence-electron chi connectivity index (χ3n) is 4.12.